The summed E-state index contributed by atoms with van der Waals surface area (Å²) in [5.74, 6) is -0.504. The van der Waals surface area contributed by atoms with E-state index in [4.69, 9.17) is 4.74 Å². The third kappa shape index (κ3) is 2.50. The van der Waals surface area contributed by atoms with Crippen LogP contribution in [-0.4, -0.2) is 28.2 Å². The molecule has 0 saturated heterocycles. The minimum atomic E-state index is -0.376. The van der Waals surface area contributed by atoms with Crippen LogP contribution in [0.4, 0.5) is 10.3 Å². The molecule has 2 aromatic heterocycles. The number of benzene rings is 1. The van der Waals surface area contributed by atoms with Crippen LogP contribution in [0.25, 0.3) is 10.1 Å². The summed E-state index contributed by atoms with van der Waals surface area (Å²) in [7, 11) is 1.50. The number of rotatable bonds is 4. The summed E-state index contributed by atoms with van der Waals surface area (Å²) in [6, 6.07) is 4.75. The standard InChI is InChI=1S/C13H11FN4O2S/c1-20-5-7-10-8(14)3-2-4-9(10)21-11(7)12(19)17-13-15-6-16-18-13/h2-4,6H,5H2,1H3,(H2,15,16,17,18,19). The second-order valence-electron chi connectivity index (χ2n) is 4.24. The number of thiophene rings is 1. The fourth-order valence-corrected chi connectivity index (χ4v) is 3.18. The molecule has 1 amide bonds. The highest BCUT2D eigenvalue weighted by Crippen LogP contribution is 2.34. The largest absolute Gasteiger partial charge is 0.380 e. The molecule has 0 spiro atoms. The topological polar surface area (TPSA) is 79.9 Å². The van der Waals surface area contributed by atoms with Crippen LogP contribution in [0.15, 0.2) is 24.5 Å². The number of halogens is 1. The van der Waals surface area contributed by atoms with E-state index in [0.717, 1.165) is 0 Å². The maximum Gasteiger partial charge on any atom is 0.268 e. The molecule has 0 saturated carbocycles. The Morgan fingerprint density at radius 1 is 1.52 bits per heavy atom. The lowest BCUT2D eigenvalue weighted by Crippen LogP contribution is -2.13. The van der Waals surface area contributed by atoms with Crippen LogP contribution >= 0.6 is 11.3 Å². The molecule has 0 aliphatic heterocycles. The van der Waals surface area contributed by atoms with Gasteiger partial charge in [0.15, 0.2) is 0 Å². The highest BCUT2D eigenvalue weighted by molar-refractivity contribution is 7.21. The molecule has 8 heteroatoms. The first-order valence-electron chi connectivity index (χ1n) is 6.06. The lowest BCUT2D eigenvalue weighted by molar-refractivity contribution is 0.102. The van der Waals surface area contributed by atoms with Gasteiger partial charge in [-0.3, -0.25) is 10.1 Å². The van der Waals surface area contributed by atoms with Crippen molar-refractivity contribution >= 4 is 33.3 Å². The second kappa shape index (κ2) is 5.58. The minimum Gasteiger partial charge on any atom is -0.380 e. The number of aromatic amines is 1. The third-order valence-electron chi connectivity index (χ3n) is 2.91. The van der Waals surface area contributed by atoms with E-state index >= 15 is 0 Å². The van der Waals surface area contributed by atoms with Crippen molar-refractivity contribution in [3.63, 3.8) is 0 Å². The Bertz CT molecular complexity index is 785. The van der Waals surface area contributed by atoms with Gasteiger partial charge in [-0.2, -0.15) is 10.1 Å². The number of nitrogens with zero attached hydrogens (tertiary/aromatic N) is 2. The van der Waals surface area contributed by atoms with Crippen molar-refractivity contribution in [2.75, 3.05) is 12.4 Å². The van der Waals surface area contributed by atoms with Gasteiger partial charge < -0.3 is 4.74 Å². The third-order valence-corrected chi connectivity index (χ3v) is 4.10. The van der Waals surface area contributed by atoms with Gasteiger partial charge in [0.2, 0.25) is 5.95 Å². The molecule has 3 rings (SSSR count). The number of hydrogen-bond donors (Lipinski definition) is 2. The average Bonchev–Trinajstić information content (AvgIpc) is 3.08. The zero-order valence-corrected chi connectivity index (χ0v) is 11.8. The Morgan fingerprint density at radius 3 is 3.10 bits per heavy atom. The van der Waals surface area contributed by atoms with Gasteiger partial charge in [0.1, 0.15) is 12.1 Å². The molecule has 3 aromatic rings. The van der Waals surface area contributed by atoms with Crippen molar-refractivity contribution in [3.05, 3.63) is 40.8 Å². The summed E-state index contributed by atoms with van der Waals surface area (Å²) in [4.78, 5) is 16.5. The molecule has 2 N–H and O–H groups in total. The second-order valence-corrected chi connectivity index (χ2v) is 5.30. The van der Waals surface area contributed by atoms with Crippen molar-refractivity contribution in [2.45, 2.75) is 6.61 Å². The van der Waals surface area contributed by atoms with Gasteiger partial charge in [0.25, 0.3) is 5.91 Å². The number of carbonyl (C=O) groups is 1. The van der Waals surface area contributed by atoms with E-state index in [0.29, 0.717) is 20.5 Å². The van der Waals surface area contributed by atoms with E-state index in [1.54, 1.807) is 12.1 Å². The molecule has 0 aliphatic rings. The van der Waals surface area contributed by atoms with Crippen LogP contribution < -0.4 is 5.32 Å². The molecular weight excluding hydrogens is 295 g/mol. The number of anilines is 1. The van der Waals surface area contributed by atoms with Crippen molar-refractivity contribution in [1.82, 2.24) is 15.2 Å². The number of fused-ring (bicyclic) bond motifs is 1. The lowest BCUT2D eigenvalue weighted by atomic mass is 10.1. The quantitative estimate of drug-likeness (QED) is 0.776. The SMILES string of the molecule is COCc1c(C(=O)Nc2ncn[nH]2)sc2cccc(F)c12. The van der Waals surface area contributed by atoms with Gasteiger partial charge in [0, 0.05) is 22.8 Å². The van der Waals surface area contributed by atoms with Gasteiger partial charge in [-0.15, -0.1) is 11.3 Å². The molecule has 0 aliphatic carbocycles. The highest BCUT2D eigenvalue weighted by atomic mass is 32.1. The molecule has 6 nitrogen and oxygen atoms in total. The average molecular weight is 306 g/mol. The van der Waals surface area contributed by atoms with Crippen molar-refractivity contribution in [2.24, 2.45) is 0 Å². The predicted octanol–water partition coefficient (Wildman–Crippen LogP) is 2.56. The molecule has 0 bridgehead atoms. The molecule has 0 unspecified atom stereocenters. The summed E-state index contributed by atoms with van der Waals surface area (Å²) in [6.07, 6.45) is 1.29. The van der Waals surface area contributed by atoms with Crippen molar-refractivity contribution in [1.29, 1.82) is 0 Å². The molecule has 0 fully saturated rings. The van der Waals surface area contributed by atoms with Crippen LogP contribution in [0, 0.1) is 5.82 Å². The number of ether oxygens (including phenoxy) is 1. The smallest absolute Gasteiger partial charge is 0.268 e. The molecule has 0 atom stereocenters. The summed E-state index contributed by atoms with van der Waals surface area (Å²) < 4.78 is 19.8. The number of amides is 1. The molecule has 0 radical (unpaired) electrons. The lowest BCUT2D eigenvalue weighted by Gasteiger charge is -2.04. The Kier molecular flexibility index (Phi) is 3.63. The van der Waals surface area contributed by atoms with Crippen LogP contribution in [0.3, 0.4) is 0 Å². The molecule has 2 heterocycles. The Balaban J connectivity index is 2.06. The van der Waals surface area contributed by atoms with E-state index in [1.165, 1.54) is 30.8 Å². The fourth-order valence-electron chi connectivity index (χ4n) is 2.06. The van der Waals surface area contributed by atoms with Crippen LogP contribution in [0.5, 0.6) is 0 Å². The van der Waals surface area contributed by atoms with E-state index in [-0.39, 0.29) is 24.3 Å². The summed E-state index contributed by atoms with van der Waals surface area (Å²) >= 11 is 1.21. The van der Waals surface area contributed by atoms with Gasteiger partial charge in [-0.25, -0.2) is 9.49 Å². The number of aromatic nitrogens is 3. The van der Waals surface area contributed by atoms with E-state index < -0.39 is 0 Å². The van der Waals surface area contributed by atoms with Crippen LogP contribution in [0.2, 0.25) is 0 Å². The fraction of sp³-hybridized carbons (Fsp3) is 0.154. The monoisotopic (exact) mass is 306 g/mol. The Hall–Kier alpha value is -2.32. The van der Waals surface area contributed by atoms with Crippen molar-refractivity contribution in [3.8, 4) is 0 Å². The van der Waals surface area contributed by atoms with Crippen LogP contribution in [-0.2, 0) is 11.3 Å². The summed E-state index contributed by atoms with van der Waals surface area (Å²) in [5, 5.41) is 9.20. The number of methoxy groups -OCH3 is 1. The van der Waals surface area contributed by atoms with Crippen LogP contribution in [0.1, 0.15) is 15.2 Å². The van der Waals surface area contributed by atoms with E-state index in [2.05, 4.69) is 20.5 Å². The molecule has 1 aromatic carbocycles. The maximum absolute atomic E-state index is 14.0. The number of carbonyl (C=O) groups excluding carboxylic acids is 1. The predicted molar refractivity (Wildman–Crippen MR) is 76.8 cm³/mol. The first kappa shape index (κ1) is 13.7. The Morgan fingerprint density at radius 2 is 2.38 bits per heavy atom. The highest BCUT2D eigenvalue weighted by Gasteiger charge is 2.21. The number of H-pyrrole nitrogens is 1. The van der Waals surface area contributed by atoms with E-state index in [9.17, 15) is 9.18 Å². The first-order chi connectivity index (χ1) is 10.2. The Labute approximate surface area is 123 Å². The van der Waals surface area contributed by atoms with Crippen molar-refractivity contribution < 1.29 is 13.9 Å². The molecular formula is C13H11FN4O2S. The van der Waals surface area contributed by atoms with Gasteiger partial charge in [-0.05, 0) is 12.1 Å². The van der Waals surface area contributed by atoms with E-state index in [1.807, 2.05) is 0 Å². The molecule has 108 valence electrons. The summed E-state index contributed by atoms with van der Waals surface area (Å²) in [6.45, 7) is 0.153. The maximum atomic E-state index is 14.0. The van der Waals surface area contributed by atoms with Gasteiger partial charge in [0.05, 0.1) is 11.5 Å². The number of nitrogens with one attached hydrogen (secondary N) is 2. The van der Waals surface area contributed by atoms with Gasteiger partial charge in [-0.1, -0.05) is 6.07 Å². The zero-order valence-electron chi connectivity index (χ0n) is 11.0. The summed E-state index contributed by atoms with van der Waals surface area (Å²) in [5.41, 5.74) is 0.535. The minimum absolute atomic E-state index is 0.153. The zero-order chi connectivity index (χ0) is 14.8. The molecule has 21 heavy (non-hydrogen) atoms. The normalized spacial score (nSPS) is 11.0. The number of hydrogen-bond acceptors (Lipinski definition) is 5. The first-order valence-corrected chi connectivity index (χ1v) is 6.88. The van der Waals surface area contributed by atoms with Gasteiger partial charge >= 0.3 is 0 Å².